The van der Waals surface area contributed by atoms with Crippen LogP contribution >= 0.6 is 11.3 Å². The SMILES string of the molecule is C[C@]1(C(=O)NC2CCCCCC2)Cn2c(cc3sccc32)C(=O)N1[C@H]1CCCc2ccccc21. The maximum Gasteiger partial charge on any atom is 0.272 e. The lowest BCUT2D eigenvalue weighted by atomic mass is 9.82. The number of fused-ring (bicyclic) bond motifs is 4. The van der Waals surface area contributed by atoms with E-state index >= 15 is 0 Å². The second-order valence-electron chi connectivity index (χ2n) is 10.5. The summed E-state index contributed by atoms with van der Waals surface area (Å²) in [6.07, 6.45) is 9.84. The fourth-order valence-electron chi connectivity index (χ4n) is 6.48. The molecule has 6 rings (SSSR count). The Morgan fingerprint density at radius 2 is 1.85 bits per heavy atom. The van der Waals surface area contributed by atoms with E-state index < -0.39 is 5.54 Å². The van der Waals surface area contributed by atoms with Crippen molar-refractivity contribution in [3.63, 3.8) is 0 Å². The van der Waals surface area contributed by atoms with E-state index in [0.29, 0.717) is 12.2 Å². The van der Waals surface area contributed by atoms with Gasteiger partial charge in [-0.15, -0.1) is 11.3 Å². The Labute approximate surface area is 205 Å². The molecule has 1 N–H and O–H groups in total. The summed E-state index contributed by atoms with van der Waals surface area (Å²) in [7, 11) is 0. The number of benzene rings is 1. The average molecular weight is 476 g/mol. The third-order valence-electron chi connectivity index (χ3n) is 8.29. The number of hydrogen-bond acceptors (Lipinski definition) is 3. The van der Waals surface area contributed by atoms with Crippen LogP contribution in [0.2, 0.25) is 0 Å². The molecular weight excluding hydrogens is 442 g/mol. The minimum atomic E-state index is -0.945. The zero-order valence-electron chi connectivity index (χ0n) is 19.9. The largest absolute Gasteiger partial charge is 0.351 e. The van der Waals surface area contributed by atoms with E-state index in [0.717, 1.165) is 55.2 Å². The molecule has 178 valence electrons. The molecule has 0 unspecified atom stereocenters. The summed E-state index contributed by atoms with van der Waals surface area (Å²) in [6, 6.07) is 12.7. The van der Waals surface area contributed by atoms with Crippen molar-refractivity contribution in [3.05, 3.63) is 58.6 Å². The number of thiophene rings is 1. The van der Waals surface area contributed by atoms with E-state index in [1.54, 1.807) is 11.3 Å². The summed E-state index contributed by atoms with van der Waals surface area (Å²) in [6.45, 7) is 2.49. The van der Waals surface area contributed by atoms with Crippen LogP contribution in [0.5, 0.6) is 0 Å². The number of nitrogens with one attached hydrogen (secondary N) is 1. The van der Waals surface area contributed by atoms with E-state index in [1.807, 2.05) is 17.9 Å². The standard InChI is InChI=1S/C28H33N3O2S/c1-28(27(33)29-20-11-4-2-3-5-12-20)18-30-23-15-16-34-25(23)17-24(30)26(32)31(28)22-14-8-10-19-9-6-7-13-21(19)22/h6-7,9,13,15-17,20,22H,2-5,8,10-12,14,18H2,1H3,(H,29,33)/t22-,28+/m0/s1. The van der Waals surface area contributed by atoms with E-state index in [2.05, 4.69) is 45.6 Å². The number of nitrogens with zero attached hydrogens (tertiary/aromatic N) is 2. The molecule has 1 aliphatic heterocycles. The number of aryl methyl sites for hydroxylation is 1. The topological polar surface area (TPSA) is 54.3 Å². The van der Waals surface area contributed by atoms with E-state index in [9.17, 15) is 9.59 Å². The maximum absolute atomic E-state index is 14.2. The summed E-state index contributed by atoms with van der Waals surface area (Å²) < 4.78 is 3.20. The van der Waals surface area contributed by atoms with Crippen LogP contribution in [0.25, 0.3) is 10.2 Å². The summed E-state index contributed by atoms with van der Waals surface area (Å²) in [5.74, 6) is -0.0200. The number of carbonyl (C=O) groups excluding carboxylic acids is 2. The Balaban J connectivity index is 1.44. The summed E-state index contributed by atoms with van der Waals surface area (Å²) in [4.78, 5) is 30.2. The summed E-state index contributed by atoms with van der Waals surface area (Å²) in [5.41, 5.74) is 3.34. The molecule has 0 saturated heterocycles. The molecule has 34 heavy (non-hydrogen) atoms. The molecule has 3 aliphatic rings. The van der Waals surface area contributed by atoms with Crippen molar-refractivity contribution in [2.45, 2.75) is 88.9 Å². The highest BCUT2D eigenvalue weighted by atomic mass is 32.1. The first kappa shape index (κ1) is 21.9. The molecule has 6 heteroatoms. The van der Waals surface area contributed by atoms with Crippen LogP contribution in [0.4, 0.5) is 0 Å². The molecular formula is C28H33N3O2S. The number of carbonyl (C=O) groups is 2. The van der Waals surface area contributed by atoms with Crippen LogP contribution in [-0.2, 0) is 17.8 Å². The van der Waals surface area contributed by atoms with Gasteiger partial charge in [0.05, 0.1) is 22.8 Å². The first-order chi connectivity index (χ1) is 16.6. The van der Waals surface area contributed by atoms with Crippen LogP contribution in [0, 0.1) is 0 Å². The van der Waals surface area contributed by atoms with E-state index in [4.69, 9.17) is 0 Å². The van der Waals surface area contributed by atoms with Crippen LogP contribution in [0.1, 0.15) is 85.9 Å². The van der Waals surface area contributed by atoms with Crippen molar-refractivity contribution in [3.8, 4) is 0 Å². The molecule has 5 nitrogen and oxygen atoms in total. The molecule has 2 amide bonds. The fraction of sp³-hybridized carbons (Fsp3) is 0.500. The minimum Gasteiger partial charge on any atom is -0.351 e. The molecule has 3 aromatic rings. The molecule has 1 aromatic carbocycles. The van der Waals surface area contributed by atoms with Crippen LogP contribution < -0.4 is 5.32 Å². The van der Waals surface area contributed by atoms with Gasteiger partial charge < -0.3 is 14.8 Å². The van der Waals surface area contributed by atoms with Crippen LogP contribution in [0.3, 0.4) is 0 Å². The van der Waals surface area contributed by atoms with Gasteiger partial charge in [0.2, 0.25) is 5.91 Å². The highest BCUT2D eigenvalue weighted by Crippen LogP contribution is 2.43. The molecule has 2 atom stereocenters. The molecule has 0 bridgehead atoms. The Hall–Kier alpha value is -2.60. The van der Waals surface area contributed by atoms with Crippen LogP contribution in [-0.4, -0.2) is 32.9 Å². The number of amides is 2. The van der Waals surface area contributed by atoms with Gasteiger partial charge in [-0.05, 0) is 67.7 Å². The third-order valence-corrected chi connectivity index (χ3v) is 9.14. The molecule has 2 aliphatic carbocycles. The van der Waals surface area contributed by atoms with Gasteiger partial charge in [-0.2, -0.15) is 0 Å². The molecule has 1 fully saturated rings. The Kier molecular flexibility index (Phi) is 5.51. The van der Waals surface area contributed by atoms with Gasteiger partial charge >= 0.3 is 0 Å². The van der Waals surface area contributed by atoms with Gasteiger partial charge in [0.1, 0.15) is 11.2 Å². The van der Waals surface area contributed by atoms with Gasteiger partial charge in [0.25, 0.3) is 5.91 Å². The van der Waals surface area contributed by atoms with Crippen molar-refractivity contribution in [1.82, 2.24) is 14.8 Å². The van der Waals surface area contributed by atoms with Crippen molar-refractivity contribution < 1.29 is 9.59 Å². The van der Waals surface area contributed by atoms with Gasteiger partial charge in [0.15, 0.2) is 0 Å². The molecule has 2 aromatic heterocycles. The first-order valence-corrected chi connectivity index (χ1v) is 13.7. The molecule has 0 radical (unpaired) electrons. The minimum absolute atomic E-state index is 0.00136. The van der Waals surface area contributed by atoms with E-state index in [1.165, 1.54) is 24.0 Å². The number of rotatable bonds is 3. The second kappa shape index (κ2) is 8.56. The maximum atomic E-state index is 14.2. The quantitative estimate of drug-likeness (QED) is 0.484. The average Bonchev–Trinajstić information content (AvgIpc) is 3.34. The highest BCUT2D eigenvalue weighted by Gasteiger charge is 2.51. The van der Waals surface area contributed by atoms with Crippen molar-refractivity contribution in [2.24, 2.45) is 0 Å². The van der Waals surface area contributed by atoms with Gasteiger partial charge in [0, 0.05) is 6.04 Å². The third kappa shape index (κ3) is 3.49. The van der Waals surface area contributed by atoms with Crippen molar-refractivity contribution in [1.29, 1.82) is 0 Å². The predicted molar refractivity (Wildman–Crippen MR) is 136 cm³/mol. The van der Waals surface area contributed by atoms with Crippen LogP contribution in [0.15, 0.2) is 41.8 Å². The van der Waals surface area contributed by atoms with Crippen molar-refractivity contribution in [2.75, 3.05) is 0 Å². The lowest BCUT2D eigenvalue weighted by Gasteiger charge is -2.49. The van der Waals surface area contributed by atoms with Gasteiger partial charge in [-0.3, -0.25) is 9.59 Å². The molecule has 3 heterocycles. The Morgan fingerprint density at radius 1 is 1.06 bits per heavy atom. The smallest absolute Gasteiger partial charge is 0.272 e. The lowest BCUT2D eigenvalue weighted by molar-refractivity contribution is -0.135. The summed E-state index contributed by atoms with van der Waals surface area (Å²) in [5, 5.41) is 5.47. The monoisotopic (exact) mass is 475 g/mol. The zero-order valence-corrected chi connectivity index (χ0v) is 20.7. The number of hydrogen-bond donors (Lipinski definition) is 1. The Bertz CT molecular complexity index is 1240. The normalized spacial score (nSPS) is 25.6. The van der Waals surface area contributed by atoms with E-state index in [-0.39, 0.29) is 23.9 Å². The van der Waals surface area contributed by atoms with Gasteiger partial charge in [-0.1, -0.05) is 49.9 Å². The molecule has 1 saturated carbocycles. The summed E-state index contributed by atoms with van der Waals surface area (Å²) >= 11 is 1.66. The second-order valence-corrected chi connectivity index (χ2v) is 11.5. The van der Waals surface area contributed by atoms with Gasteiger partial charge in [-0.25, -0.2) is 0 Å². The number of aromatic nitrogens is 1. The first-order valence-electron chi connectivity index (χ1n) is 12.9. The molecule has 0 spiro atoms. The lowest BCUT2D eigenvalue weighted by Crippen LogP contribution is -2.65. The fourth-order valence-corrected chi connectivity index (χ4v) is 7.31. The Morgan fingerprint density at radius 3 is 2.68 bits per heavy atom. The highest BCUT2D eigenvalue weighted by molar-refractivity contribution is 7.17. The zero-order chi connectivity index (χ0) is 23.3. The van der Waals surface area contributed by atoms with Crippen molar-refractivity contribution >= 4 is 33.4 Å². The predicted octanol–water partition coefficient (Wildman–Crippen LogP) is 5.83.